The average Bonchev–Trinajstić information content (AvgIpc) is 3.61. The number of nitrogens with two attached hydrogens (primary N) is 1. The first kappa shape index (κ1) is 26.3. The summed E-state index contributed by atoms with van der Waals surface area (Å²) in [6.45, 7) is 0. The summed E-state index contributed by atoms with van der Waals surface area (Å²) in [5.74, 6) is -2.44. The summed E-state index contributed by atoms with van der Waals surface area (Å²) in [5.41, 5.74) is 6.72. The number of anilines is 3. The molecule has 3 aromatic rings. The zero-order chi connectivity index (χ0) is 27.5. The monoisotopic (exact) mass is 539 g/mol. The predicted molar refractivity (Wildman–Crippen MR) is 140 cm³/mol. The van der Waals surface area contributed by atoms with Gasteiger partial charge in [-0.15, -0.1) is 5.10 Å². The number of hydrogen-bond acceptors (Lipinski definition) is 9. The minimum atomic E-state index is -1.09. The Hall–Kier alpha value is -4.33. The van der Waals surface area contributed by atoms with Gasteiger partial charge in [0.2, 0.25) is 5.91 Å². The molecule has 0 aromatic carbocycles. The van der Waals surface area contributed by atoms with E-state index in [1.165, 1.54) is 23.0 Å². The molecule has 2 aliphatic carbocycles. The van der Waals surface area contributed by atoms with Gasteiger partial charge >= 0.3 is 5.97 Å². The second-order valence-electron chi connectivity index (χ2n) is 9.96. The SMILES string of the molecule is NC(=O)[C@H](CC(=O)O)NC1CCC(Nc2cc(NC3CC3)c3ncc(C(=O)Nc4ccncc4F)n3n2)CC1. The molecule has 2 aliphatic rings. The van der Waals surface area contributed by atoms with Gasteiger partial charge < -0.3 is 32.1 Å². The van der Waals surface area contributed by atoms with Crippen molar-refractivity contribution in [3.63, 3.8) is 0 Å². The van der Waals surface area contributed by atoms with Crippen molar-refractivity contribution in [3.05, 3.63) is 42.2 Å². The molecule has 2 fully saturated rings. The van der Waals surface area contributed by atoms with Gasteiger partial charge in [0.05, 0.1) is 36.2 Å². The first-order valence-electron chi connectivity index (χ1n) is 12.9. The zero-order valence-electron chi connectivity index (χ0n) is 21.1. The number of aliphatic carboxylic acids is 1. The molecule has 7 N–H and O–H groups in total. The molecule has 2 saturated carbocycles. The summed E-state index contributed by atoms with van der Waals surface area (Å²) in [5, 5.41) is 26.1. The minimum absolute atomic E-state index is 0.00265. The van der Waals surface area contributed by atoms with Crippen LogP contribution in [-0.2, 0) is 9.59 Å². The number of aromatic nitrogens is 4. The normalized spacial score (nSPS) is 19.8. The van der Waals surface area contributed by atoms with Crippen LogP contribution in [0.4, 0.5) is 21.6 Å². The van der Waals surface area contributed by atoms with Crippen molar-refractivity contribution in [2.24, 2.45) is 5.73 Å². The van der Waals surface area contributed by atoms with E-state index in [0.717, 1.165) is 37.6 Å². The number of carboxylic acid groups (broad SMARTS) is 1. The van der Waals surface area contributed by atoms with Gasteiger partial charge in [0.1, 0.15) is 5.82 Å². The molecule has 3 heterocycles. The molecule has 39 heavy (non-hydrogen) atoms. The number of primary amides is 1. The highest BCUT2D eigenvalue weighted by atomic mass is 19.1. The number of carbonyl (C=O) groups excluding carboxylic acids is 2. The third-order valence-electron chi connectivity index (χ3n) is 6.90. The van der Waals surface area contributed by atoms with E-state index < -0.39 is 29.6 Å². The van der Waals surface area contributed by atoms with Crippen molar-refractivity contribution >= 4 is 40.6 Å². The largest absolute Gasteiger partial charge is 0.481 e. The van der Waals surface area contributed by atoms with Crippen molar-refractivity contribution < 1.29 is 23.9 Å². The second-order valence-corrected chi connectivity index (χ2v) is 9.96. The Labute approximate surface area is 222 Å². The van der Waals surface area contributed by atoms with E-state index in [1.54, 1.807) is 0 Å². The lowest BCUT2D eigenvalue weighted by Crippen LogP contribution is -2.49. The van der Waals surface area contributed by atoms with Crippen molar-refractivity contribution in [1.82, 2.24) is 24.9 Å². The van der Waals surface area contributed by atoms with Gasteiger partial charge in [-0.3, -0.25) is 19.4 Å². The molecule has 5 rings (SSSR count). The quantitative estimate of drug-likeness (QED) is 0.209. The summed E-state index contributed by atoms with van der Waals surface area (Å²) >= 11 is 0. The van der Waals surface area contributed by atoms with Crippen LogP contribution < -0.4 is 27.0 Å². The van der Waals surface area contributed by atoms with E-state index in [0.29, 0.717) is 30.3 Å². The fraction of sp³-hybridized carbons (Fsp3) is 0.440. The van der Waals surface area contributed by atoms with E-state index >= 15 is 0 Å². The molecule has 2 amide bonds. The lowest BCUT2D eigenvalue weighted by Gasteiger charge is -2.31. The molecule has 0 radical (unpaired) electrons. The summed E-state index contributed by atoms with van der Waals surface area (Å²) in [4.78, 5) is 43.8. The Balaban J connectivity index is 1.30. The van der Waals surface area contributed by atoms with Gasteiger partial charge in [0.15, 0.2) is 17.2 Å². The number of hydrogen-bond donors (Lipinski definition) is 6. The first-order chi connectivity index (χ1) is 18.8. The Bertz CT molecular complexity index is 1390. The third-order valence-corrected chi connectivity index (χ3v) is 6.90. The molecule has 0 bridgehead atoms. The fourth-order valence-electron chi connectivity index (χ4n) is 4.72. The maximum atomic E-state index is 14.0. The Morgan fingerprint density at radius 1 is 1.05 bits per heavy atom. The smallest absolute Gasteiger partial charge is 0.305 e. The standard InChI is InChI=1S/C25H30FN9O4/c26-16-11-28-8-7-17(16)33-25(39)20-12-29-24-19(31-14-1-2-14)9-21(34-35(20)24)32-15-5-3-13(4-6-15)30-18(23(27)38)10-22(36)37/h7-9,11-15,18,30-31H,1-6,10H2,(H2,27,38)(H,32,34)(H,36,37)(H,28,33,39)/t13?,15?,18-/m0/s1. The van der Waals surface area contributed by atoms with Crippen molar-refractivity contribution in [2.75, 3.05) is 16.0 Å². The number of halogens is 1. The maximum Gasteiger partial charge on any atom is 0.305 e. The van der Waals surface area contributed by atoms with E-state index in [9.17, 15) is 18.8 Å². The number of carbonyl (C=O) groups is 3. The highest BCUT2D eigenvalue weighted by molar-refractivity contribution is 6.03. The van der Waals surface area contributed by atoms with Crippen LogP contribution in [0.5, 0.6) is 0 Å². The maximum absolute atomic E-state index is 14.0. The van der Waals surface area contributed by atoms with Gasteiger partial charge in [-0.2, -0.15) is 0 Å². The third kappa shape index (κ3) is 6.39. The Kier molecular flexibility index (Phi) is 7.54. The van der Waals surface area contributed by atoms with Gasteiger partial charge in [0.25, 0.3) is 5.91 Å². The van der Waals surface area contributed by atoms with Gasteiger partial charge in [-0.25, -0.2) is 13.9 Å². The molecular weight excluding hydrogens is 509 g/mol. The van der Waals surface area contributed by atoms with Gasteiger partial charge in [0, 0.05) is 30.4 Å². The number of rotatable bonds is 11. The van der Waals surface area contributed by atoms with E-state index in [4.69, 9.17) is 10.8 Å². The molecule has 206 valence electrons. The molecule has 14 heteroatoms. The van der Waals surface area contributed by atoms with Crippen LogP contribution in [0.3, 0.4) is 0 Å². The number of pyridine rings is 1. The number of amides is 2. The van der Waals surface area contributed by atoms with Crippen molar-refractivity contribution in [3.8, 4) is 0 Å². The van der Waals surface area contributed by atoms with E-state index in [2.05, 4.69) is 36.3 Å². The summed E-state index contributed by atoms with van der Waals surface area (Å²) < 4.78 is 15.5. The molecule has 0 saturated heterocycles. The van der Waals surface area contributed by atoms with Crippen LogP contribution in [-0.4, -0.2) is 66.6 Å². The van der Waals surface area contributed by atoms with E-state index in [1.807, 2.05) is 6.07 Å². The first-order valence-corrected chi connectivity index (χ1v) is 12.9. The summed E-state index contributed by atoms with van der Waals surface area (Å²) in [6, 6.07) is 2.69. The molecule has 0 unspecified atom stereocenters. The molecule has 0 spiro atoms. The summed E-state index contributed by atoms with van der Waals surface area (Å²) in [6.07, 6.45) is 8.46. The number of fused-ring (bicyclic) bond motifs is 1. The predicted octanol–water partition coefficient (Wildman–Crippen LogP) is 1.73. The van der Waals surface area contributed by atoms with Gasteiger partial charge in [-0.1, -0.05) is 0 Å². The van der Waals surface area contributed by atoms with Crippen LogP contribution in [0.2, 0.25) is 0 Å². The van der Waals surface area contributed by atoms with Crippen molar-refractivity contribution in [2.45, 2.75) is 69.1 Å². The zero-order valence-corrected chi connectivity index (χ0v) is 21.1. The number of nitrogens with zero attached hydrogens (tertiary/aromatic N) is 4. The van der Waals surface area contributed by atoms with Crippen LogP contribution in [0.25, 0.3) is 5.65 Å². The highest BCUT2D eigenvalue weighted by Crippen LogP contribution is 2.30. The molecule has 13 nitrogen and oxygen atoms in total. The van der Waals surface area contributed by atoms with Crippen LogP contribution in [0.1, 0.15) is 55.4 Å². The number of nitrogens with one attached hydrogen (secondary N) is 4. The second kappa shape index (κ2) is 11.2. The Morgan fingerprint density at radius 3 is 2.41 bits per heavy atom. The highest BCUT2D eigenvalue weighted by Gasteiger charge is 2.28. The molecular formula is C25H30FN9O4. The van der Waals surface area contributed by atoms with E-state index in [-0.39, 0.29) is 29.9 Å². The fourth-order valence-corrected chi connectivity index (χ4v) is 4.72. The topological polar surface area (TPSA) is 189 Å². The minimum Gasteiger partial charge on any atom is -0.481 e. The number of carboxylic acids is 1. The van der Waals surface area contributed by atoms with Crippen molar-refractivity contribution in [1.29, 1.82) is 0 Å². The van der Waals surface area contributed by atoms with Crippen LogP contribution >= 0.6 is 0 Å². The number of imidazole rings is 1. The lowest BCUT2D eigenvalue weighted by molar-refractivity contribution is -0.139. The van der Waals surface area contributed by atoms with Crippen LogP contribution in [0.15, 0.2) is 30.7 Å². The van der Waals surface area contributed by atoms with Crippen LogP contribution in [0, 0.1) is 5.82 Å². The van der Waals surface area contributed by atoms with Gasteiger partial charge in [-0.05, 0) is 44.6 Å². The molecule has 3 aromatic heterocycles. The Morgan fingerprint density at radius 2 is 1.74 bits per heavy atom. The lowest BCUT2D eigenvalue weighted by atomic mass is 9.90. The average molecular weight is 540 g/mol. The molecule has 1 atom stereocenters. The summed E-state index contributed by atoms with van der Waals surface area (Å²) in [7, 11) is 0. The molecule has 0 aliphatic heterocycles.